The van der Waals surface area contributed by atoms with Crippen LogP contribution >= 0.6 is 11.8 Å². The lowest BCUT2D eigenvalue weighted by Crippen LogP contribution is -2.50. The summed E-state index contributed by atoms with van der Waals surface area (Å²) in [5.74, 6) is 1.03. The lowest BCUT2D eigenvalue weighted by Gasteiger charge is -2.34. The zero-order valence-corrected chi connectivity index (χ0v) is 16.9. The van der Waals surface area contributed by atoms with Crippen LogP contribution in [-0.2, 0) is 14.8 Å². The number of hydrogen-bond donors (Lipinski definition) is 1. The van der Waals surface area contributed by atoms with Crippen molar-refractivity contribution in [1.82, 2.24) is 5.32 Å². The standard InChI is InChI=1S/C18H26N2O4S2/c1-13-7-8-16-15(11-13)20(26(2,22)23)12-17(24-16)18(21)19-9-10-25-14-5-3-4-6-14/h7-8,11,14,17H,3-6,9-10,12H2,1-2H3,(H,19,21). The third kappa shape index (κ3) is 4.65. The predicted molar refractivity (Wildman–Crippen MR) is 106 cm³/mol. The molecule has 0 saturated heterocycles. The minimum atomic E-state index is -3.49. The average Bonchev–Trinajstić information content (AvgIpc) is 3.10. The second-order valence-electron chi connectivity index (χ2n) is 6.94. The summed E-state index contributed by atoms with van der Waals surface area (Å²) in [7, 11) is -3.49. The molecule has 1 fully saturated rings. The van der Waals surface area contributed by atoms with Gasteiger partial charge in [0.05, 0.1) is 18.5 Å². The van der Waals surface area contributed by atoms with Crippen molar-refractivity contribution in [2.75, 3.05) is 29.4 Å². The highest BCUT2D eigenvalue weighted by Crippen LogP contribution is 2.35. The summed E-state index contributed by atoms with van der Waals surface area (Å²) < 4.78 is 31.4. The first-order chi connectivity index (χ1) is 12.3. The van der Waals surface area contributed by atoms with Crippen molar-refractivity contribution in [3.63, 3.8) is 0 Å². The maximum absolute atomic E-state index is 12.5. The maximum Gasteiger partial charge on any atom is 0.263 e. The fourth-order valence-electron chi connectivity index (χ4n) is 3.38. The number of ether oxygens (including phenoxy) is 1. The lowest BCUT2D eigenvalue weighted by molar-refractivity contribution is -0.127. The highest BCUT2D eigenvalue weighted by Gasteiger charge is 2.34. The summed E-state index contributed by atoms with van der Waals surface area (Å²) in [5, 5.41) is 3.60. The number of nitrogens with zero attached hydrogens (tertiary/aromatic N) is 1. The van der Waals surface area contributed by atoms with Gasteiger partial charge in [-0.1, -0.05) is 18.9 Å². The maximum atomic E-state index is 12.5. The molecule has 1 unspecified atom stereocenters. The Balaban J connectivity index is 1.61. The predicted octanol–water partition coefficient (Wildman–Crippen LogP) is 2.31. The van der Waals surface area contributed by atoms with Gasteiger partial charge in [-0.15, -0.1) is 0 Å². The van der Waals surface area contributed by atoms with Crippen molar-refractivity contribution in [3.05, 3.63) is 23.8 Å². The summed E-state index contributed by atoms with van der Waals surface area (Å²) in [4.78, 5) is 12.5. The molecule has 1 saturated carbocycles. The number of thioether (sulfide) groups is 1. The lowest BCUT2D eigenvalue weighted by atomic mass is 10.1. The van der Waals surface area contributed by atoms with Gasteiger partial charge in [-0.2, -0.15) is 11.8 Å². The molecule has 1 aliphatic carbocycles. The topological polar surface area (TPSA) is 75.7 Å². The van der Waals surface area contributed by atoms with Crippen LogP contribution in [0.15, 0.2) is 18.2 Å². The molecule has 1 aromatic rings. The Labute approximate surface area is 159 Å². The number of rotatable bonds is 6. The molecule has 0 aromatic heterocycles. The molecule has 0 bridgehead atoms. The molecule has 6 nitrogen and oxygen atoms in total. The summed E-state index contributed by atoms with van der Waals surface area (Å²) in [6.07, 6.45) is 5.46. The number of amides is 1. The first-order valence-electron chi connectivity index (χ1n) is 8.99. The SMILES string of the molecule is Cc1ccc2c(c1)N(S(C)(=O)=O)CC(C(=O)NCCSC1CCCC1)O2. The smallest absolute Gasteiger partial charge is 0.263 e. The quantitative estimate of drug-likeness (QED) is 0.744. The van der Waals surface area contributed by atoms with Gasteiger partial charge in [-0.3, -0.25) is 9.10 Å². The van der Waals surface area contributed by atoms with Crippen LogP contribution in [0, 0.1) is 6.92 Å². The van der Waals surface area contributed by atoms with Gasteiger partial charge in [-0.25, -0.2) is 8.42 Å². The van der Waals surface area contributed by atoms with E-state index in [0.29, 0.717) is 23.2 Å². The zero-order chi connectivity index (χ0) is 18.7. The Morgan fingerprint density at radius 1 is 1.35 bits per heavy atom. The van der Waals surface area contributed by atoms with E-state index in [9.17, 15) is 13.2 Å². The Bertz CT molecular complexity index is 760. The molecule has 8 heteroatoms. The number of carbonyl (C=O) groups is 1. The number of carbonyl (C=O) groups excluding carboxylic acids is 1. The van der Waals surface area contributed by atoms with E-state index in [1.807, 2.05) is 24.8 Å². The molecule has 1 aromatic carbocycles. The number of nitrogens with one attached hydrogen (secondary N) is 1. The second kappa shape index (κ2) is 8.08. The molecule has 0 spiro atoms. The van der Waals surface area contributed by atoms with E-state index in [4.69, 9.17) is 4.74 Å². The van der Waals surface area contributed by atoms with E-state index >= 15 is 0 Å². The van der Waals surface area contributed by atoms with Crippen LogP contribution in [-0.4, -0.2) is 50.8 Å². The van der Waals surface area contributed by atoms with Crippen LogP contribution < -0.4 is 14.4 Å². The Morgan fingerprint density at radius 3 is 2.77 bits per heavy atom. The minimum absolute atomic E-state index is 0.00309. The van der Waals surface area contributed by atoms with Gasteiger partial charge in [0.25, 0.3) is 5.91 Å². The van der Waals surface area contributed by atoms with Crippen LogP contribution in [0.25, 0.3) is 0 Å². The van der Waals surface area contributed by atoms with Gasteiger partial charge in [0.15, 0.2) is 6.10 Å². The third-order valence-corrected chi connectivity index (χ3v) is 7.26. The number of benzene rings is 1. The van der Waals surface area contributed by atoms with E-state index in [0.717, 1.165) is 17.6 Å². The minimum Gasteiger partial charge on any atom is -0.476 e. The normalized spacial score (nSPS) is 20.5. The molecule has 1 amide bonds. The van der Waals surface area contributed by atoms with Gasteiger partial charge in [-0.05, 0) is 37.5 Å². The molecule has 1 N–H and O–H groups in total. The van der Waals surface area contributed by atoms with E-state index < -0.39 is 16.1 Å². The molecule has 144 valence electrons. The monoisotopic (exact) mass is 398 g/mol. The molecule has 2 aliphatic rings. The molecule has 1 aliphatic heterocycles. The highest BCUT2D eigenvalue weighted by atomic mass is 32.2. The van der Waals surface area contributed by atoms with Crippen LogP contribution in [0.2, 0.25) is 0 Å². The van der Waals surface area contributed by atoms with Crippen LogP contribution in [0.4, 0.5) is 5.69 Å². The molecule has 1 heterocycles. The van der Waals surface area contributed by atoms with Gasteiger partial charge < -0.3 is 10.1 Å². The fraction of sp³-hybridized carbons (Fsp3) is 0.611. The summed E-state index contributed by atoms with van der Waals surface area (Å²) in [5.41, 5.74) is 1.43. The van der Waals surface area contributed by atoms with Crippen LogP contribution in [0.1, 0.15) is 31.2 Å². The molecule has 0 radical (unpaired) electrons. The first-order valence-corrected chi connectivity index (χ1v) is 11.9. The van der Waals surface area contributed by atoms with Gasteiger partial charge >= 0.3 is 0 Å². The third-order valence-electron chi connectivity index (χ3n) is 4.73. The molecule has 1 atom stereocenters. The molecular weight excluding hydrogens is 372 g/mol. The van der Waals surface area contributed by atoms with Crippen LogP contribution in [0.3, 0.4) is 0 Å². The molecule has 3 rings (SSSR count). The van der Waals surface area contributed by atoms with Gasteiger partial charge in [0, 0.05) is 17.5 Å². The number of aryl methyl sites for hydroxylation is 1. The number of hydrogen-bond acceptors (Lipinski definition) is 5. The van der Waals surface area contributed by atoms with E-state index in [2.05, 4.69) is 5.32 Å². The second-order valence-corrected chi connectivity index (χ2v) is 10.3. The zero-order valence-electron chi connectivity index (χ0n) is 15.2. The highest BCUT2D eigenvalue weighted by molar-refractivity contribution is 7.99. The van der Waals surface area contributed by atoms with Crippen molar-refractivity contribution in [2.45, 2.75) is 44.0 Å². The summed E-state index contributed by atoms with van der Waals surface area (Å²) in [6.45, 7) is 2.46. The number of anilines is 1. The fourth-order valence-corrected chi connectivity index (χ4v) is 5.51. The van der Waals surface area contributed by atoms with Crippen molar-refractivity contribution >= 4 is 33.4 Å². The van der Waals surface area contributed by atoms with Crippen molar-refractivity contribution in [3.8, 4) is 5.75 Å². The molecular formula is C18H26N2O4S2. The van der Waals surface area contributed by atoms with Crippen molar-refractivity contribution in [1.29, 1.82) is 0 Å². The van der Waals surface area contributed by atoms with Crippen molar-refractivity contribution < 1.29 is 17.9 Å². The van der Waals surface area contributed by atoms with E-state index in [1.54, 1.807) is 12.1 Å². The number of fused-ring (bicyclic) bond motifs is 1. The Kier molecular flexibility index (Phi) is 6.02. The summed E-state index contributed by atoms with van der Waals surface area (Å²) >= 11 is 1.91. The van der Waals surface area contributed by atoms with Crippen LogP contribution in [0.5, 0.6) is 5.75 Å². The van der Waals surface area contributed by atoms with Crippen molar-refractivity contribution in [2.24, 2.45) is 0 Å². The molecule has 26 heavy (non-hydrogen) atoms. The van der Waals surface area contributed by atoms with Gasteiger partial charge in [0.1, 0.15) is 5.75 Å². The number of sulfonamides is 1. The van der Waals surface area contributed by atoms with E-state index in [-0.39, 0.29) is 12.5 Å². The van der Waals surface area contributed by atoms with E-state index in [1.165, 1.54) is 30.0 Å². The average molecular weight is 399 g/mol. The van der Waals surface area contributed by atoms with Gasteiger partial charge in [0.2, 0.25) is 10.0 Å². The first kappa shape index (κ1) is 19.4. The largest absolute Gasteiger partial charge is 0.476 e. The Hall–Kier alpha value is -1.41. The summed E-state index contributed by atoms with van der Waals surface area (Å²) in [6, 6.07) is 5.33. The Morgan fingerprint density at radius 2 is 2.08 bits per heavy atom.